The average Bonchev–Trinajstić information content (AvgIpc) is 2.44. The summed E-state index contributed by atoms with van der Waals surface area (Å²) in [6, 6.07) is 5.23. The summed E-state index contributed by atoms with van der Waals surface area (Å²) in [6.45, 7) is 3.14. The Balaban J connectivity index is 2.04. The molecule has 0 bridgehead atoms. The smallest absolute Gasteiger partial charge is 0.313 e. The van der Waals surface area contributed by atoms with Crippen molar-refractivity contribution in [1.82, 2.24) is 4.90 Å². The van der Waals surface area contributed by atoms with Gasteiger partial charge < -0.3 is 10.2 Å². The molecule has 0 radical (unpaired) electrons. The summed E-state index contributed by atoms with van der Waals surface area (Å²) >= 11 is 5.98. The lowest BCUT2D eigenvalue weighted by Gasteiger charge is -2.26. The minimum Gasteiger partial charge on any atom is -0.334 e. The highest BCUT2D eigenvalue weighted by molar-refractivity contribution is 6.40. The molecule has 2 amide bonds. The van der Waals surface area contributed by atoms with Gasteiger partial charge in [-0.1, -0.05) is 17.7 Å². The van der Waals surface area contributed by atoms with Gasteiger partial charge in [-0.2, -0.15) is 0 Å². The zero-order chi connectivity index (χ0) is 13.8. The maximum absolute atomic E-state index is 12.0. The van der Waals surface area contributed by atoms with Gasteiger partial charge in [0.05, 0.1) is 0 Å². The number of nitrogens with one attached hydrogen (secondary N) is 1. The molecule has 102 valence electrons. The van der Waals surface area contributed by atoms with Crippen LogP contribution in [-0.4, -0.2) is 29.8 Å². The van der Waals surface area contributed by atoms with E-state index in [-0.39, 0.29) is 0 Å². The third-order valence-electron chi connectivity index (χ3n) is 3.35. The lowest BCUT2D eigenvalue weighted by Crippen LogP contribution is -2.42. The summed E-state index contributed by atoms with van der Waals surface area (Å²) < 4.78 is 0. The number of carbonyl (C=O) groups is 2. The second-order valence-electron chi connectivity index (χ2n) is 4.72. The van der Waals surface area contributed by atoms with Crippen LogP contribution in [0.3, 0.4) is 0 Å². The van der Waals surface area contributed by atoms with Crippen LogP contribution in [0.2, 0.25) is 5.02 Å². The minimum absolute atomic E-state index is 0.459. The number of likely N-dealkylation sites (tertiary alicyclic amines) is 1. The van der Waals surface area contributed by atoms with Crippen LogP contribution >= 0.6 is 11.6 Å². The van der Waals surface area contributed by atoms with Crippen molar-refractivity contribution in [2.75, 3.05) is 18.4 Å². The summed E-state index contributed by atoms with van der Waals surface area (Å²) in [7, 11) is 0. The Hall–Kier alpha value is -1.55. The maximum atomic E-state index is 12.0. The SMILES string of the molecule is Cc1c(Cl)cccc1NC(=O)C(=O)N1CCCCC1. The fourth-order valence-corrected chi connectivity index (χ4v) is 2.33. The first-order valence-electron chi connectivity index (χ1n) is 6.45. The number of anilines is 1. The number of rotatable bonds is 1. The highest BCUT2D eigenvalue weighted by atomic mass is 35.5. The van der Waals surface area contributed by atoms with Gasteiger partial charge in [0.2, 0.25) is 0 Å². The zero-order valence-corrected chi connectivity index (χ0v) is 11.7. The molecule has 0 aliphatic carbocycles. The fraction of sp³-hybridized carbons (Fsp3) is 0.429. The fourth-order valence-electron chi connectivity index (χ4n) is 2.16. The zero-order valence-electron chi connectivity index (χ0n) is 10.9. The van der Waals surface area contributed by atoms with Gasteiger partial charge in [0.25, 0.3) is 0 Å². The standard InChI is InChI=1S/C14H17ClN2O2/c1-10-11(15)6-5-7-12(10)16-13(18)14(19)17-8-3-2-4-9-17/h5-7H,2-4,8-9H2,1H3,(H,16,18). The van der Waals surface area contributed by atoms with Crippen molar-refractivity contribution in [2.45, 2.75) is 26.2 Å². The van der Waals surface area contributed by atoms with Crippen LogP contribution in [0.15, 0.2) is 18.2 Å². The molecule has 1 aliphatic heterocycles. The Morgan fingerprint density at radius 2 is 1.89 bits per heavy atom. The molecule has 1 N–H and O–H groups in total. The molecule has 0 aromatic heterocycles. The molecule has 1 aromatic rings. The molecule has 0 saturated carbocycles. The number of amides is 2. The van der Waals surface area contributed by atoms with Crippen LogP contribution in [-0.2, 0) is 9.59 Å². The Morgan fingerprint density at radius 3 is 2.58 bits per heavy atom. The summed E-state index contributed by atoms with van der Waals surface area (Å²) in [4.78, 5) is 25.5. The lowest BCUT2D eigenvalue weighted by molar-refractivity contribution is -0.143. The van der Waals surface area contributed by atoms with E-state index in [4.69, 9.17) is 11.6 Å². The molecule has 1 heterocycles. The Labute approximate surface area is 117 Å². The third kappa shape index (κ3) is 3.26. The summed E-state index contributed by atoms with van der Waals surface area (Å²) in [5.74, 6) is -1.05. The van der Waals surface area contributed by atoms with Crippen molar-refractivity contribution in [3.63, 3.8) is 0 Å². The van der Waals surface area contributed by atoms with Crippen LogP contribution in [0.4, 0.5) is 5.69 Å². The number of nitrogens with zero attached hydrogens (tertiary/aromatic N) is 1. The van der Waals surface area contributed by atoms with Crippen LogP contribution in [0, 0.1) is 6.92 Å². The van der Waals surface area contributed by atoms with Gasteiger partial charge in [0.1, 0.15) is 0 Å². The molecule has 4 nitrogen and oxygen atoms in total. The maximum Gasteiger partial charge on any atom is 0.313 e. The molecule has 0 atom stereocenters. The van der Waals surface area contributed by atoms with E-state index in [1.165, 1.54) is 0 Å². The van der Waals surface area contributed by atoms with Crippen LogP contribution in [0.5, 0.6) is 0 Å². The van der Waals surface area contributed by atoms with Gasteiger partial charge >= 0.3 is 11.8 Å². The highest BCUT2D eigenvalue weighted by Gasteiger charge is 2.23. The Morgan fingerprint density at radius 1 is 1.21 bits per heavy atom. The molecular formula is C14H17ClN2O2. The van der Waals surface area contributed by atoms with Gasteiger partial charge in [0.15, 0.2) is 0 Å². The van der Waals surface area contributed by atoms with Gasteiger partial charge in [0, 0.05) is 23.8 Å². The number of halogens is 1. The van der Waals surface area contributed by atoms with E-state index >= 15 is 0 Å². The topological polar surface area (TPSA) is 49.4 Å². The van der Waals surface area contributed by atoms with Gasteiger partial charge in [-0.15, -0.1) is 0 Å². The molecule has 1 fully saturated rings. The van der Waals surface area contributed by atoms with Gasteiger partial charge in [-0.25, -0.2) is 0 Å². The number of benzene rings is 1. The van der Waals surface area contributed by atoms with Crippen LogP contribution in [0.25, 0.3) is 0 Å². The minimum atomic E-state index is -0.590. The van der Waals surface area contributed by atoms with E-state index < -0.39 is 11.8 Å². The van der Waals surface area contributed by atoms with E-state index in [1.807, 2.05) is 6.92 Å². The molecular weight excluding hydrogens is 264 g/mol. The number of piperidine rings is 1. The number of hydrogen-bond acceptors (Lipinski definition) is 2. The van der Waals surface area contributed by atoms with Crippen molar-refractivity contribution < 1.29 is 9.59 Å². The van der Waals surface area contributed by atoms with Gasteiger partial charge in [-0.05, 0) is 43.9 Å². The number of carbonyl (C=O) groups excluding carboxylic acids is 2. The van der Waals surface area contributed by atoms with E-state index in [0.29, 0.717) is 23.8 Å². The molecule has 0 unspecified atom stereocenters. The van der Waals surface area contributed by atoms with E-state index in [9.17, 15) is 9.59 Å². The lowest BCUT2D eigenvalue weighted by atomic mass is 10.1. The summed E-state index contributed by atoms with van der Waals surface area (Å²) in [6.07, 6.45) is 3.06. The van der Waals surface area contributed by atoms with Gasteiger partial charge in [-0.3, -0.25) is 9.59 Å². The first-order chi connectivity index (χ1) is 9.09. The van der Waals surface area contributed by atoms with Crippen molar-refractivity contribution in [2.24, 2.45) is 0 Å². The normalized spacial score (nSPS) is 15.2. The van der Waals surface area contributed by atoms with Crippen molar-refractivity contribution >= 4 is 29.1 Å². The summed E-state index contributed by atoms with van der Waals surface area (Å²) in [5.41, 5.74) is 1.35. The van der Waals surface area contributed by atoms with E-state index in [1.54, 1.807) is 23.1 Å². The first kappa shape index (κ1) is 13.9. The Bertz CT molecular complexity index is 496. The molecule has 2 rings (SSSR count). The monoisotopic (exact) mass is 280 g/mol. The molecule has 1 aromatic carbocycles. The largest absolute Gasteiger partial charge is 0.334 e. The van der Waals surface area contributed by atoms with Crippen molar-refractivity contribution in [1.29, 1.82) is 0 Å². The van der Waals surface area contributed by atoms with Crippen molar-refractivity contribution in [3.05, 3.63) is 28.8 Å². The van der Waals surface area contributed by atoms with Crippen LogP contribution < -0.4 is 5.32 Å². The Kier molecular flexibility index (Phi) is 4.43. The predicted octanol–water partition coefficient (Wildman–Crippen LogP) is 2.60. The highest BCUT2D eigenvalue weighted by Crippen LogP contribution is 2.23. The second-order valence-corrected chi connectivity index (χ2v) is 5.13. The average molecular weight is 281 g/mol. The van der Waals surface area contributed by atoms with E-state index in [2.05, 4.69) is 5.32 Å². The molecule has 5 heteroatoms. The molecule has 1 saturated heterocycles. The molecule has 19 heavy (non-hydrogen) atoms. The van der Waals surface area contributed by atoms with Crippen LogP contribution in [0.1, 0.15) is 24.8 Å². The summed E-state index contributed by atoms with van der Waals surface area (Å²) in [5, 5.41) is 3.21. The molecule has 1 aliphatic rings. The molecule has 0 spiro atoms. The van der Waals surface area contributed by atoms with E-state index in [0.717, 1.165) is 24.8 Å². The number of hydrogen-bond donors (Lipinski definition) is 1. The third-order valence-corrected chi connectivity index (χ3v) is 3.76. The van der Waals surface area contributed by atoms with Crippen molar-refractivity contribution in [3.8, 4) is 0 Å². The predicted molar refractivity (Wildman–Crippen MR) is 75.2 cm³/mol. The first-order valence-corrected chi connectivity index (χ1v) is 6.83. The second kappa shape index (κ2) is 6.06. The quantitative estimate of drug-likeness (QED) is 0.804.